The summed E-state index contributed by atoms with van der Waals surface area (Å²) in [6, 6.07) is 6.20. The van der Waals surface area contributed by atoms with E-state index in [4.69, 9.17) is 5.73 Å². The maximum Gasteiger partial charge on any atom is 0.188 e. The van der Waals surface area contributed by atoms with E-state index in [9.17, 15) is 0 Å². The Kier molecular flexibility index (Phi) is 4.57. The molecular weight excluding hydrogens is 258 g/mol. The number of thiophene rings is 1. The molecular formula is C13H19N5S. The van der Waals surface area contributed by atoms with Crippen molar-refractivity contribution in [3.63, 3.8) is 0 Å². The molecule has 2 aromatic rings. The van der Waals surface area contributed by atoms with Crippen LogP contribution in [0.5, 0.6) is 0 Å². The van der Waals surface area contributed by atoms with Gasteiger partial charge in [0, 0.05) is 18.5 Å². The van der Waals surface area contributed by atoms with E-state index in [0.717, 1.165) is 24.4 Å². The first-order valence-corrected chi connectivity index (χ1v) is 7.09. The van der Waals surface area contributed by atoms with E-state index in [0.29, 0.717) is 12.5 Å². The van der Waals surface area contributed by atoms with E-state index in [1.807, 2.05) is 24.7 Å². The normalized spacial score (nSPS) is 11.8. The Balaban J connectivity index is 1.78. The monoisotopic (exact) mass is 277 g/mol. The number of nitrogens with one attached hydrogen (secondary N) is 1. The number of guanidine groups is 1. The Morgan fingerprint density at radius 3 is 3.05 bits per heavy atom. The number of rotatable bonds is 5. The van der Waals surface area contributed by atoms with Gasteiger partial charge < -0.3 is 11.1 Å². The van der Waals surface area contributed by atoms with Crippen LogP contribution in [0, 0.1) is 6.92 Å². The molecule has 0 saturated heterocycles. The molecule has 5 nitrogen and oxygen atoms in total. The molecule has 0 aliphatic heterocycles. The third kappa shape index (κ3) is 4.10. The maximum atomic E-state index is 5.83. The standard InChI is InChI=1S/C13H19N5S/c1-10-8-11(18(2)17-10)9-16-13(14)15-6-5-12-4-3-7-19-12/h3-4,7-8H,5-6,9H2,1-2H3,(H3,14,15,16). The van der Waals surface area contributed by atoms with Crippen molar-refractivity contribution in [2.24, 2.45) is 17.8 Å². The lowest BCUT2D eigenvalue weighted by Gasteiger charge is -2.04. The van der Waals surface area contributed by atoms with Gasteiger partial charge in [0.2, 0.25) is 0 Å². The molecule has 102 valence electrons. The Morgan fingerprint density at radius 1 is 1.58 bits per heavy atom. The topological polar surface area (TPSA) is 68.2 Å². The van der Waals surface area contributed by atoms with Crippen molar-refractivity contribution in [2.45, 2.75) is 19.9 Å². The molecule has 0 bridgehead atoms. The van der Waals surface area contributed by atoms with Crippen LogP contribution in [0.25, 0.3) is 0 Å². The zero-order valence-corrected chi connectivity index (χ0v) is 12.1. The number of aromatic nitrogens is 2. The summed E-state index contributed by atoms with van der Waals surface area (Å²) in [5.41, 5.74) is 7.88. The summed E-state index contributed by atoms with van der Waals surface area (Å²) in [5, 5.41) is 9.48. The number of nitrogens with zero attached hydrogens (tertiary/aromatic N) is 3. The van der Waals surface area contributed by atoms with Gasteiger partial charge in [-0.05, 0) is 30.9 Å². The molecule has 0 saturated carbocycles. The van der Waals surface area contributed by atoms with Gasteiger partial charge in [0.15, 0.2) is 5.96 Å². The highest BCUT2D eigenvalue weighted by atomic mass is 32.1. The van der Waals surface area contributed by atoms with Crippen molar-refractivity contribution in [1.82, 2.24) is 15.1 Å². The molecule has 0 amide bonds. The van der Waals surface area contributed by atoms with Gasteiger partial charge in [-0.15, -0.1) is 11.3 Å². The molecule has 0 aliphatic carbocycles. The molecule has 0 aromatic carbocycles. The summed E-state index contributed by atoms with van der Waals surface area (Å²) in [6.07, 6.45) is 0.971. The van der Waals surface area contributed by atoms with Crippen LogP contribution in [0.2, 0.25) is 0 Å². The van der Waals surface area contributed by atoms with Crippen LogP contribution in [0.3, 0.4) is 0 Å². The predicted octanol–water partition coefficient (Wildman–Crippen LogP) is 1.44. The molecule has 0 atom stereocenters. The predicted molar refractivity (Wildman–Crippen MR) is 79.3 cm³/mol. The highest BCUT2D eigenvalue weighted by Gasteiger charge is 2.01. The van der Waals surface area contributed by atoms with Crippen LogP contribution in [0.15, 0.2) is 28.6 Å². The molecule has 0 aliphatic rings. The summed E-state index contributed by atoms with van der Waals surface area (Å²) < 4.78 is 1.83. The molecule has 3 N–H and O–H groups in total. The van der Waals surface area contributed by atoms with Crippen molar-refractivity contribution in [1.29, 1.82) is 0 Å². The smallest absolute Gasteiger partial charge is 0.188 e. The fourth-order valence-corrected chi connectivity index (χ4v) is 2.51. The maximum absolute atomic E-state index is 5.83. The molecule has 0 unspecified atom stereocenters. The largest absolute Gasteiger partial charge is 0.370 e. The summed E-state index contributed by atoms with van der Waals surface area (Å²) in [5.74, 6) is 0.482. The fourth-order valence-electron chi connectivity index (χ4n) is 1.80. The van der Waals surface area contributed by atoms with Crippen molar-refractivity contribution in [3.8, 4) is 0 Å². The van der Waals surface area contributed by atoms with Crippen molar-refractivity contribution in [2.75, 3.05) is 6.54 Å². The first kappa shape index (κ1) is 13.6. The lowest BCUT2D eigenvalue weighted by molar-refractivity contribution is 0.704. The third-order valence-electron chi connectivity index (χ3n) is 2.77. The Hall–Kier alpha value is -1.82. The first-order chi connectivity index (χ1) is 9.15. The quantitative estimate of drug-likeness (QED) is 0.642. The average molecular weight is 277 g/mol. The van der Waals surface area contributed by atoms with Gasteiger partial charge in [0.1, 0.15) is 0 Å². The first-order valence-electron chi connectivity index (χ1n) is 6.21. The van der Waals surface area contributed by atoms with Gasteiger partial charge in [-0.3, -0.25) is 4.68 Å². The highest BCUT2D eigenvalue weighted by Crippen LogP contribution is 2.08. The molecule has 6 heteroatoms. The zero-order chi connectivity index (χ0) is 13.7. The van der Waals surface area contributed by atoms with Crippen molar-refractivity contribution < 1.29 is 0 Å². The summed E-state index contributed by atoms with van der Waals surface area (Å²) in [4.78, 5) is 5.66. The minimum Gasteiger partial charge on any atom is -0.370 e. The molecule has 0 spiro atoms. The molecule has 2 aromatic heterocycles. The van der Waals surface area contributed by atoms with Crippen LogP contribution in [-0.2, 0) is 20.0 Å². The van der Waals surface area contributed by atoms with Gasteiger partial charge >= 0.3 is 0 Å². The lowest BCUT2D eigenvalue weighted by atomic mass is 10.3. The minimum absolute atomic E-state index is 0.482. The second-order valence-corrected chi connectivity index (χ2v) is 5.39. The van der Waals surface area contributed by atoms with Crippen LogP contribution in [-0.4, -0.2) is 22.3 Å². The number of hydrogen-bond acceptors (Lipinski definition) is 3. The molecule has 0 fully saturated rings. The Bertz CT molecular complexity index is 541. The molecule has 19 heavy (non-hydrogen) atoms. The second kappa shape index (κ2) is 6.38. The number of nitrogens with two attached hydrogens (primary N) is 1. The summed E-state index contributed by atoms with van der Waals surface area (Å²) in [7, 11) is 1.91. The average Bonchev–Trinajstić information content (AvgIpc) is 2.97. The fraction of sp³-hybridized carbons (Fsp3) is 0.385. The van der Waals surface area contributed by atoms with E-state index in [-0.39, 0.29) is 0 Å². The minimum atomic E-state index is 0.482. The van der Waals surface area contributed by atoms with Gasteiger partial charge in [-0.25, -0.2) is 4.99 Å². The van der Waals surface area contributed by atoms with Gasteiger partial charge in [0.25, 0.3) is 0 Å². The van der Waals surface area contributed by atoms with Crippen LogP contribution in [0.4, 0.5) is 0 Å². The zero-order valence-electron chi connectivity index (χ0n) is 11.3. The summed E-state index contributed by atoms with van der Waals surface area (Å²) >= 11 is 1.76. The van der Waals surface area contributed by atoms with E-state index in [1.165, 1.54) is 4.88 Å². The van der Waals surface area contributed by atoms with E-state index < -0.39 is 0 Å². The third-order valence-corrected chi connectivity index (χ3v) is 3.70. The lowest BCUT2D eigenvalue weighted by Crippen LogP contribution is -2.33. The number of hydrogen-bond donors (Lipinski definition) is 2. The van der Waals surface area contributed by atoms with Gasteiger partial charge in [-0.2, -0.15) is 5.10 Å². The van der Waals surface area contributed by atoms with Crippen molar-refractivity contribution in [3.05, 3.63) is 39.8 Å². The molecule has 0 radical (unpaired) electrons. The molecule has 2 heterocycles. The second-order valence-electron chi connectivity index (χ2n) is 4.36. The van der Waals surface area contributed by atoms with Gasteiger partial charge in [0.05, 0.1) is 17.9 Å². The number of aryl methyl sites for hydroxylation is 2. The van der Waals surface area contributed by atoms with E-state index >= 15 is 0 Å². The molecule has 2 rings (SSSR count). The van der Waals surface area contributed by atoms with E-state index in [1.54, 1.807) is 11.3 Å². The highest BCUT2D eigenvalue weighted by molar-refractivity contribution is 7.09. The Morgan fingerprint density at radius 2 is 2.42 bits per heavy atom. The van der Waals surface area contributed by atoms with Crippen molar-refractivity contribution >= 4 is 17.3 Å². The van der Waals surface area contributed by atoms with Crippen LogP contribution in [0.1, 0.15) is 16.3 Å². The van der Waals surface area contributed by atoms with Gasteiger partial charge in [-0.1, -0.05) is 6.07 Å². The van der Waals surface area contributed by atoms with E-state index in [2.05, 4.69) is 32.9 Å². The van der Waals surface area contributed by atoms with Crippen LogP contribution < -0.4 is 11.1 Å². The summed E-state index contributed by atoms with van der Waals surface area (Å²) in [6.45, 7) is 3.32. The Labute approximate surface area is 117 Å². The van der Waals surface area contributed by atoms with Crippen LogP contribution >= 0.6 is 11.3 Å². The SMILES string of the molecule is Cc1cc(CN=C(N)NCCc2cccs2)n(C)n1. The number of aliphatic imine (C=N–C) groups is 1.